The van der Waals surface area contributed by atoms with E-state index >= 15 is 0 Å². The second-order valence-corrected chi connectivity index (χ2v) is 7.55. The standard InChI is InChI=1S/C14H29O8P/c1-3-13-14(10-12(16)11(2)22-13)23(17,18)21-9-8-20-7-6-19-5-4-15/h11-16H,3-10H2,1-2H3,(H,17,18). The van der Waals surface area contributed by atoms with Crippen molar-refractivity contribution in [3.63, 3.8) is 0 Å². The number of rotatable bonds is 11. The molecular formula is C14H29O8P. The topological polar surface area (TPSA) is 115 Å². The third-order valence-electron chi connectivity index (χ3n) is 3.78. The molecule has 0 radical (unpaired) electrons. The first-order chi connectivity index (χ1) is 10.9. The van der Waals surface area contributed by atoms with Gasteiger partial charge in [-0.05, 0) is 19.8 Å². The Morgan fingerprint density at radius 1 is 1.17 bits per heavy atom. The first-order valence-electron chi connectivity index (χ1n) is 7.99. The van der Waals surface area contributed by atoms with Gasteiger partial charge in [-0.3, -0.25) is 4.57 Å². The van der Waals surface area contributed by atoms with Gasteiger partial charge in [-0.15, -0.1) is 0 Å². The maximum absolute atomic E-state index is 12.4. The Bertz CT molecular complexity index is 367. The highest BCUT2D eigenvalue weighted by molar-refractivity contribution is 7.53. The van der Waals surface area contributed by atoms with Gasteiger partial charge in [0.25, 0.3) is 0 Å². The molecule has 8 nitrogen and oxygen atoms in total. The Kier molecular flexibility index (Phi) is 9.80. The summed E-state index contributed by atoms with van der Waals surface area (Å²) < 4.78 is 33.3. The molecule has 1 aliphatic rings. The molecule has 23 heavy (non-hydrogen) atoms. The van der Waals surface area contributed by atoms with E-state index in [1.165, 1.54) is 0 Å². The Balaban J connectivity index is 2.32. The Morgan fingerprint density at radius 3 is 2.39 bits per heavy atom. The minimum absolute atomic E-state index is 0.0215. The van der Waals surface area contributed by atoms with Gasteiger partial charge in [-0.1, -0.05) is 6.92 Å². The van der Waals surface area contributed by atoms with E-state index in [1.54, 1.807) is 6.92 Å². The van der Waals surface area contributed by atoms with Gasteiger partial charge in [0.1, 0.15) is 0 Å². The normalized spacial score (nSPS) is 31.0. The van der Waals surface area contributed by atoms with Crippen LogP contribution in [0.3, 0.4) is 0 Å². The highest BCUT2D eigenvalue weighted by Gasteiger charge is 2.45. The lowest BCUT2D eigenvalue weighted by Gasteiger charge is -2.39. The number of hydrogen-bond donors (Lipinski definition) is 3. The van der Waals surface area contributed by atoms with E-state index in [0.29, 0.717) is 19.6 Å². The number of hydrogen-bond acceptors (Lipinski definition) is 7. The summed E-state index contributed by atoms with van der Waals surface area (Å²) >= 11 is 0. The Morgan fingerprint density at radius 2 is 1.78 bits per heavy atom. The van der Waals surface area contributed by atoms with Crippen molar-refractivity contribution < 1.29 is 38.4 Å². The maximum Gasteiger partial charge on any atom is 0.333 e. The van der Waals surface area contributed by atoms with Gasteiger partial charge in [0.2, 0.25) is 0 Å². The molecule has 0 aromatic heterocycles. The largest absolute Gasteiger partial charge is 0.394 e. The molecule has 0 amide bonds. The van der Waals surface area contributed by atoms with Crippen molar-refractivity contribution in [2.24, 2.45) is 0 Å². The molecule has 1 saturated heterocycles. The third-order valence-corrected chi connectivity index (χ3v) is 5.71. The van der Waals surface area contributed by atoms with E-state index in [-0.39, 0.29) is 39.0 Å². The second kappa shape index (κ2) is 10.7. The molecule has 1 fully saturated rings. The first kappa shape index (κ1) is 21.0. The molecule has 0 aliphatic carbocycles. The van der Waals surface area contributed by atoms with Gasteiger partial charge >= 0.3 is 7.60 Å². The molecule has 3 N–H and O–H groups in total. The molecule has 1 heterocycles. The average molecular weight is 356 g/mol. The van der Waals surface area contributed by atoms with Crippen molar-refractivity contribution in [3.8, 4) is 0 Å². The third kappa shape index (κ3) is 7.15. The van der Waals surface area contributed by atoms with Crippen molar-refractivity contribution >= 4 is 7.60 Å². The van der Waals surface area contributed by atoms with E-state index in [2.05, 4.69) is 0 Å². The van der Waals surface area contributed by atoms with Gasteiger partial charge in [-0.25, -0.2) is 0 Å². The van der Waals surface area contributed by atoms with E-state index < -0.39 is 25.5 Å². The van der Waals surface area contributed by atoms with E-state index in [1.807, 2.05) is 6.92 Å². The van der Waals surface area contributed by atoms with Gasteiger partial charge in [-0.2, -0.15) is 0 Å². The van der Waals surface area contributed by atoms with Gasteiger partial charge in [0.15, 0.2) is 0 Å². The number of aliphatic hydroxyl groups is 2. The predicted octanol–water partition coefficient (Wildman–Crippen LogP) is 0.531. The zero-order chi connectivity index (χ0) is 17.3. The molecule has 0 bridgehead atoms. The smallest absolute Gasteiger partial charge is 0.333 e. The molecule has 0 saturated carbocycles. The summed E-state index contributed by atoms with van der Waals surface area (Å²) in [6.45, 7) is 4.64. The molecule has 1 rings (SSSR count). The van der Waals surface area contributed by atoms with Gasteiger partial charge in [0.05, 0.1) is 63.6 Å². The van der Waals surface area contributed by atoms with Crippen LogP contribution in [0.2, 0.25) is 0 Å². The lowest BCUT2D eigenvalue weighted by molar-refractivity contribution is -0.109. The van der Waals surface area contributed by atoms with E-state index in [4.69, 9.17) is 23.8 Å². The fourth-order valence-electron chi connectivity index (χ4n) is 2.47. The predicted molar refractivity (Wildman–Crippen MR) is 83.5 cm³/mol. The fraction of sp³-hybridized carbons (Fsp3) is 1.00. The van der Waals surface area contributed by atoms with Gasteiger partial charge in [0, 0.05) is 0 Å². The van der Waals surface area contributed by atoms with Crippen molar-refractivity contribution in [2.45, 2.75) is 50.7 Å². The number of aliphatic hydroxyl groups excluding tert-OH is 2. The second-order valence-electron chi connectivity index (χ2n) is 5.50. The average Bonchev–Trinajstić information content (AvgIpc) is 2.52. The van der Waals surface area contributed by atoms with Crippen LogP contribution in [0.15, 0.2) is 0 Å². The van der Waals surface area contributed by atoms with Crippen LogP contribution in [0.4, 0.5) is 0 Å². The summed E-state index contributed by atoms with van der Waals surface area (Å²) in [5.74, 6) is 0. The van der Waals surface area contributed by atoms with Crippen LogP contribution in [0, 0.1) is 0 Å². The van der Waals surface area contributed by atoms with E-state index in [9.17, 15) is 14.6 Å². The lowest BCUT2D eigenvalue weighted by Crippen LogP contribution is -2.45. The maximum atomic E-state index is 12.4. The summed E-state index contributed by atoms with van der Waals surface area (Å²) in [4.78, 5) is 10.2. The van der Waals surface area contributed by atoms with Crippen LogP contribution >= 0.6 is 7.60 Å². The van der Waals surface area contributed by atoms with Crippen LogP contribution in [0.5, 0.6) is 0 Å². The minimum Gasteiger partial charge on any atom is -0.394 e. The molecule has 1 aliphatic heterocycles. The minimum atomic E-state index is -3.90. The summed E-state index contributed by atoms with van der Waals surface area (Å²) in [6, 6.07) is 0. The van der Waals surface area contributed by atoms with Crippen molar-refractivity contribution in [1.29, 1.82) is 0 Å². The van der Waals surface area contributed by atoms with Crippen LogP contribution in [0.25, 0.3) is 0 Å². The molecular weight excluding hydrogens is 327 g/mol. The van der Waals surface area contributed by atoms with Crippen LogP contribution in [0.1, 0.15) is 26.7 Å². The van der Waals surface area contributed by atoms with Crippen LogP contribution < -0.4 is 0 Å². The Hall–Kier alpha value is -0.0500. The van der Waals surface area contributed by atoms with Crippen molar-refractivity contribution in [1.82, 2.24) is 0 Å². The van der Waals surface area contributed by atoms with E-state index in [0.717, 1.165) is 0 Å². The monoisotopic (exact) mass is 356 g/mol. The zero-order valence-electron chi connectivity index (χ0n) is 13.8. The fourth-order valence-corrected chi connectivity index (χ4v) is 4.18. The molecule has 5 unspecified atom stereocenters. The summed E-state index contributed by atoms with van der Waals surface area (Å²) in [5.41, 5.74) is -0.730. The van der Waals surface area contributed by atoms with Crippen LogP contribution in [-0.4, -0.2) is 78.7 Å². The quantitative estimate of drug-likeness (QED) is 0.363. The highest BCUT2D eigenvalue weighted by atomic mass is 31.2. The summed E-state index contributed by atoms with van der Waals surface area (Å²) in [6.07, 6.45) is -0.764. The highest BCUT2D eigenvalue weighted by Crippen LogP contribution is 2.53. The summed E-state index contributed by atoms with van der Waals surface area (Å²) in [5, 5.41) is 18.4. The van der Waals surface area contributed by atoms with Crippen LogP contribution in [-0.2, 0) is 23.3 Å². The first-order valence-corrected chi connectivity index (χ1v) is 9.64. The Labute approximate surface area is 137 Å². The van der Waals surface area contributed by atoms with Crippen molar-refractivity contribution in [2.75, 3.05) is 39.6 Å². The zero-order valence-corrected chi connectivity index (χ0v) is 14.7. The van der Waals surface area contributed by atoms with Gasteiger partial charge < -0.3 is 33.8 Å². The molecule has 9 heteroatoms. The van der Waals surface area contributed by atoms with Crippen molar-refractivity contribution in [3.05, 3.63) is 0 Å². The molecule has 0 aromatic rings. The molecule has 0 spiro atoms. The summed E-state index contributed by atoms with van der Waals surface area (Å²) in [7, 11) is -3.90. The molecule has 138 valence electrons. The molecule has 0 aromatic carbocycles. The SMILES string of the molecule is CCC1OC(C)C(O)CC1P(=O)(O)OCCOCCOCCO. The molecule has 5 atom stereocenters. The lowest BCUT2D eigenvalue weighted by atomic mass is 10.00. The number of ether oxygens (including phenoxy) is 3.